The van der Waals surface area contributed by atoms with Crippen LogP contribution in [0.25, 0.3) is 0 Å². The first-order valence-electron chi connectivity index (χ1n) is 11.0. The Kier molecular flexibility index (Phi) is 9.59. The van der Waals surface area contributed by atoms with Crippen molar-refractivity contribution in [1.29, 1.82) is 0 Å². The molecule has 0 aromatic heterocycles. The van der Waals surface area contributed by atoms with Gasteiger partial charge >= 0.3 is 0 Å². The van der Waals surface area contributed by atoms with Crippen molar-refractivity contribution < 1.29 is 4.74 Å². The Bertz CT molecular complexity index is 584. The number of methoxy groups -OCH3 is 1. The smallest absolute Gasteiger partial charge is 0.0587 e. The van der Waals surface area contributed by atoms with Gasteiger partial charge in [0.05, 0.1) is 6.61 Å². The third kappa shape index (κ3) is 7.28. The average Bonchev–Trinajstić information content (AvgIpc) is 2.71. The lowest BCUT2D eigenvalue weighted by Gasteiger charge is -2.34. The zero-order valence-corrected chi connectivity index (χ0v) is 19.6. The van der Waals surface area contributed by atoms with Gasteiger partial charge in [0.25, 0.3) is 0 Å². The van der Waals surface area contributed by atoms with Crippen LogP contribution in [0.1, 0.15) is 50.5 Å². The van der Waals surface area contributed by atoms with Crippen LogP contribution >= 0.6 is 27.5 Å². The predicted octanol–water partition coefficient (Wildman–Crippen LogP) is 5.54. The lowest BCUT2D eigenvalue weighted by Crippen LogP contribution is -2.37. The summed E-state index contributed by atoms with van der Waals surface area (Å²) in [6.45, 7) is 5.63. The van der Waals surface area contributed by atoms with Gasteiger partial charge in [0.1, 0.15) is 0 Å². The summed E-state index contributed by atoms with van der Waals surface area (Å²) in [5.41, 5.74) is 1.36. The molecule has 1 aliphatic carbocycles. The fraction of sp³-hybridized carbons (Fsp3) is 0.739. The fourth-order valence-electron chi connectivity index (χ4n) is 4.81. The van der Waals surface area contributed by atoms with Gasteiger partial charge in [-0.05, 0) is 107 Å². The van der Waals surface area contributed by atoms with E-state index in [2.05, 4.69) is 38.3 Å². The summed E-state index contributed by atoms with van der Waals surface area (Å²) in [6.07, 6.45) is 10.6. The standard InChI is InChI=1S/C23H36BrClN2O/c1-28-15-11-26-22-5-2-18(3-6-22)8-12-27-13-9-19(10-14-27)16-20-17-21(25)4-7-23(20)24/h4,7,17-19,22,26H,2-3,5-6,8-16H2,1H3/t18-,22-. The monoisotopic (exact) mass is 470 g/mol. The molecule has 158 valence electrons. The second kappa shape index (κ2) is 11.9. The highest BCUT2D eigenvalue weighted by Crippen LogP contribution is 2.30. The molecule has 0 spiro atoms. The third-order valence-electron chi connectivity index (χ3n) is 6.66. The van der Waals surface area contributed by atoms with E-state index in [1.165, 1.54) is 74.6 Å². The lowest BCUT2D eigenvalue weighted by atomic mass is 9.83. The summed E-state index contributed by atoms with van der Waals surface area (Å²) in [4.78, 5) is 2.70. The molecule has 0 atom stereocenters. The average molecular weight is 472 g/mol. The molecule has 0 bridgehead atoms. The van der Waals surface area contributed by atoms with E-state index >= 15 is 0 Å². The first kappa shape index (κ1) is 22.6. The molecule has 2 aliphatic rings. The maximum Gasteiger partial charge on any atom is 0.0587 e. The van der Waals surface area contributed by atoms with Gasteiger partial charge in [-0.3, -0.25) is 0 Å². The number of nitrogens with one attached hydrogen (secondary N) is 1. The highest BCUT2D eigenvalue weighted by atomic mass is 79.9. The highest BCUT2D eigenvalue weighted by Gasteiger charge is 2.23. The molecule has 28 heavy (non-hydrogen) atoms. The summed E-state index contributed by atoms with van der Waals surface area (Å²) in [7, 11) is 1.78. The summed E-state index contributed by atoms with van der Waals surface area (Å²) in [5, 5.41) is 4.48. The zero-order chi connectivity index (χ0) is 19.8. The van der Waals surface area contributed by atoms with Crippen molar-refractivity contribution >= 4 is 27.5 Å². The Hall–Kier alpha value is -0.130. The molecule has 1 aliphatic heterocycles. The second-order valence-corrected chi connectivity index (χ2v) is 9.97. The Labute approximate surface area is 184 Å². The molecule has 1 aromatic carbocycles. The normalized spacial score (nSPS) is 24.5. The van der Waals surface area contributed by atoms with Crippen LogP contribution in [-0.2, 0) is 11.2 Å². The SMILES string of the molecule is COCCN[C@H]1CC[C@H](CCN2CCC(Cc3cc(Cl)ccc3Br)CC2)CC1. The fourth-order valence-corrected chi connectivity index (χ4v) is 5.41. The van der Waals surface area contributed by atoms with Crippen LogP contribution in [0.4, 0.5) is 0 Å². The highest BCUT2D eigenvalue weighted by molar-refractivity contribution is 9.10. The molecular formula is C23H36BrClN2O. The van der Waals surface area contributed by atoms with E-state index in [-0.39, 0.29) is 0 Å². The number of nitrogens with zero attached hydrogens (tertiary/aromatic N) is 1. The van der Waals surface area contributed by atoms with Crippen LogP contribution in [0, 0.1) is 11.8 Å². The van der Waals surface area contributed by atoms with Gasteiger partial charge in [-0.15, -0.1) is 0 Å². The van der Waals surface area contributed by atoms with E-state index in [4.69, 9.17) is 16.3 Å². The molecule has 0 unspecified atom stereocenters. The number of piperidine rings is 1. The van der Waals surface area contributed by atoms with Gasteiger partial charge in [0, 0.05) is 29.2 Å². The molecule has 1 N–H and O–H groups in total. The molecule has 5 heteroatoms. The minimum absolute atomic E-state index is 0.716. The van der Waals surface area contributed by atoms with Gasteiger partial charge in [0.15, 0.2) is 0 Å². The summed E-state index contributed by atoms with van der Waals surface area (Å²) in [6, 6.07) is 6.88. The number of ether oxygens (including phenoxy) is 1. The molecule has 0 amide bonds. The molecule has 1 heterocycles. The van der Waals surface area contributed by atoms with Crippen molar-refractivity contribution in [2.24, 2.45) is 11.8 Å². The number of hydrogen-bond donors (Lipinski definition) is 1. The zero-order valence-electron chi connectivity index (χ0n) is 17.3. The number of rotatable bonds is 9. The number of benzene rings is 1. The number of halogens is 2. The molecule has 2 fully saturated rings. The lowest BCUT2D eigenvalue weighted by molar-refractivity contribution is 0.160. The first-order chi connectivity index (χ1) is 13.6. The summed E-state index contributed by atoms with van der Waals surface area (Å²) >= 11 is 9.85. The Morgan fingerprint density at radius 2 is 1.86 bits per heavy atom. The first-order valence-corrected chi connectivity index (χ1v) is 12.2. The molecule has 1 aromatic rings. The topological polar surface area (TPSA) is 24.5 Å². The summed E-state index contributed by atoms with van der Waals surface area (Å²) < 4.78 is 6.34. The van der Waals surface area contributed by atoms with Crippen LogP contribution in [-0.4, -0.2) is 50.8 Å². The van der Waals surface area contributed by atoms with Crippen LogP contribution in [0.15, 0.2) is 22.7 Å². The van der Waals surface area contributed by atoms with Crippen molar-refractivity contribution in [3.63, 3.8) is 0 Å². The van der Waals surface area contributed by atoms with Gasteiger partial charge in [-0.2, -0.15) is 0 Å². The molecule has 1 saturated heterocycles. The van der Waals surface area contributed by atoms with E-state index < -0.39 is 0 Å². The van der Waals surface area contributed by atoms with Crippen molar-refractivity contribution in [3.8, 4) is 0 Å². The quantitative estimate of drug-likeness (QED) is 0.478. The molecule has 1 saturated carbocycles. The van der Waals surface area contributed by atoms with Crippen molar-refractivity contribution in [1.82, 2.24) is 10.2 Å². The van der Waals surface area contributed by atoms with Crippen molar-refractivity contribution in [2.75, 3.05) is 39.9 Å². The van der Waals surface area contributed by atoms with Crippen molar-refractivity contribution in [2.45, 2.75) is 57.4 Å². The van der Waals surface area contributed by atoms with Crippen molar-refractivity contribution in [3.05, 3.63) is 33.3 Å². The maximum absolute atomic E-state index is 6.17. The van der Waals surface area contributed by atoms with Crippen LogP contribution in [0.5, 0.6) is 0 Å². The Morgan fingerprint density at radius 3 is 2.57 bits per heavy atom. The van der Waals surface area contributed by atoms with Crippen LogP contribution in [0.3, 0.4) is 0 Å². The minimum Gasteiger partial charge on any atom is -0.383 e. The van der Waals surface area contributed by atoms with E-state index in [0.29, 0.717) is 6.04 Å². The molecular weight excluding hydrogens is 436 g/mol. The van der Waals surface area contributed by atoms with Gasteiger partial charge in [0.2, 0.25) is 0 Å². The van der Waals surface area contributed by atoms with Crippen LogP contribution < -0.4 is 5.32 Å². The number of likely N-dealkylation sites (tertiary alicyclic amines) is 1. The third-order valence-corrected chi connectivity index (χ3v) is 7.67. The predicted molar refractivity (Wildman–Crippen MR) is 122 cm³/mol. The second-order valence-electron chi connectivity index (χ2n) is 8.68. The van der Waals surface area contributed by atoms with Gasteiger partial charge in [-0.25, -0.2) is 0 Å². The number of hydrogen-bond acceptors (Lipinski definition) is 3. The van der Waals surface area contributed by atoms with E-state index in [9.17, 15) is 0 Å². The molecule has 3 rings (SSSR count). The Balaban J connectivity index is 1.30. The molecule has 3 nitrogen and oxygen atoms in total. The van der Waals surface area contributed by atoms with E-state index in [1.807, 2.05) is 6.07 Å². The minimum atomic E-state index is 0.716. The largest absolute Gasteiger partial charge is 0.383 e. The van der Waals surface area contributed by atoms with E-state index in [1.54, 1.807) is 7.11 Å². The van der Waals surface area contributed by atoms with Gasteiger partial charge in [-0.1, -0.05) is 27.5 Å². The van der Waals surface area contributed by atoms with Crippen LogP contribution in [0.2, 0.25) is 5.02 Å². The Morgan fingerprint density at radius 1 is 1.11 bits per heavy atom. The summed E-state index contributed by atoms with van der Waals surface area (Å²) in [5.74, 6) is 1.72. The van der Waals surface area contributed by atoms with Gasteiger partial charge < -0.3 is 15.0 Å². The molecule has 0 radical (unpaired) electrons. The maximum atomic E-state index is 6.17. The van der Waals surface area contributed by atoms with E-state index in [0.717, 1.165) is 36.4 Å².